The number of guanidine groups is 1. The molecule has 1 heterocycles. The number of carbonyl (C=O) groups is 1. The fourth-order valence-electron chi connectivity index (χ4n) is 5.08. The summed E-state index contributed by atoms with van der Waals surface area (Å²) < 4.78 is 0. The molecule has 2 aliphatic rings. The van der Waals surface area contributed by atoms with Gasteiger partial charge in [0.15, 0.2) is 5.96 Å². The van der Waals surface area contributed by atoms with Crippen molar-refractivity contribution in [1.29, 1.82) is 0 Å². The molecule has 0 spiro atoms. The van der Waals surface area contributed by atoms with Gasteiger partial charge in [-0.05, 0) is 45.1 Å². The van der Waals surface area contributed by atoms with Crippen molar-refractivity contribution in [2.75, 3.05) is 40.3 Å². The zero-order chi connectivity index (χ0) is 22.3. The highest BCUT2D eigenvalue weighted by Gasteiger charge is 2.42. The molecule has 1 atom stereocenters. The molecule has 1 amide bonds. The van der Waals surface area contributed by atoms with Gasteiger partial charge in [-0.3, -0.25) is 14.7 Å². The molecule has 1 aromatic carbocycles. The molecular weight excluding hydrogens is 386 g/mol. The summed E-state index contributed by atoms with van der Waals surface area (Å²) in [4.78, 5) is 22.1. The van der Waals surface area contributed by atoms with Crippen molar-refractivity contribution in [3.8, 4) is 0 Å². The Kier molecular flexibility index (Phi) is 8.35. The maximum atomic E-state index is 12.9. The van der Waals surface area contributed by atoms with E-state index in [0.29, 0.717) is 18.6 Å². The van der Waals surface area contributed by atoms with E-state index in [4.69, 9.17) is 4.99 Å². The van der Waals surface area contributed by atoms with Crippen molar-refractivity contribution < 1.29 is 4.79 Å². The van der Waals surface area contributed by atoms with Crippen molar-refractivity contribution in [3.63, 3.8) is 0 Å². The van der Waals surface area contributed by atoms with Gasteiger partial charge in [0.1, 0.15) is 0 Å². The average molecular weight is 428 g/mol. The van der Waals surface area contributed by atoms with Gasteiger partial charge in [0.2, 0.25) is 5.91 Å². The molecule has 1 saturated heterocycles. The Hall–Kier alpha value is -2.08. The Balaban J connectivity index is 1.57. The molecular formula is C25H41N5O. The second-order valence-corrected chi connectivity index (χ2v) is 9.42. The third kappa shape index (κ3) is 6.00. The number of likely N-dealkylation sites (tertiary alicyclic amines) is 1. The highest BCUT2D eigenvalue weighted by molar-refractivity contribution is 5.84. The molecule has 0 bridgehead atoms. The van der Waals surface area contributed by atoms with Gasteiger partial charge in [-0.1, -0.05) is 43.2 Å². The number of nitrogens with one attached hydrogen (secondary N) is 2. The van der Waals surface area contributed by atoms with Gasteiger partial charge in [0.25, 0.3) is 0 Å². The van der Waals surface area contributed by atoms with Gasteiger partial charge in [0.05, 0.1) is 12.0 Å². The Morgan fingerprint density at radius 3 is 2.42 bits per heavy atom. The van der Waals surface area contributed by atoms with Crippen LogP contribution >= 0.6 is 0 Å². The number of piperidine rings is 1. The minimum absolute atomic E-state index is 0.229. The molecule has 0 radical (unpaired) electrons. The lowest BCUT2D eigenvalue weighted by Gasteiger charge is -2.37. The number of benzene rings is 1. The largest absolute Gasteiger partial charge is 0.357 e. The first kappa shape index (κ1) is 23.6. The van der Waals surface area contributed by atoms with Crippen LogP contribution in [-0.4, -0.2) is 68.0 Å². The highest BCUT2D eigenvalue weighted by atomic mass is 16.2. The SMILES string of the molecule is CCNC(=NCC1(C(=O)N(C)C)CCCC1)NC1CCN(C(C)c2ccccc2)CC1. The summed E-state index contributed by atoms with van der Waals surface area (Å²) in [5.41, 5.74) is 1.07. The first-order valence-corrected chi connectivity index (χ1v) is 12.0. The van der Waals surface area contributed by atoms with Crippen LogP contribution in [0.15, 0.2) is 35.3 Å². The third-order valence-electron chi connectivity index (χ3n) is 7.00. The quantitative estimate of drug-likeness (QED) is 0.517. The maximum Gasteiger partial charge on any atom is 0.230 e. The Bertz CT molecular complexity index is 719. The molecule has 3 rings (SSSR count). The Morgan fingerprint density at radius 2 is 1.84 bits per heavy atom. The lowest BCUT2D eigenvalue weighted by Crippen LogP contribution is -2.49. The van der Waals surface area contributed by atoms with E-state index >= 15 is 0 Å². The van der Waals surface area contributed by atoms with Gasteiger partial charge in [-0.2, -0.15) is 0 Å². The second-order valence-electron chi connectivity index (χ2n) is 9.42. The molecule has 1 aromatic rings. The highest BCUT2D eigenvalue weighted by Crippen LogP contribution is 2.39. The minimum atomic E-state index is -0.319. The van der Waals surface area contributed by atoms with Crippen LogP contribution in [0, 0.1) is 5.41 Å². The molecule has 1 aliphatic carbocycles. The van der Waals surface area contributed by atoms with E-state index in [-0.39, 0.29) is 11.3 Å². The molecule has 172 valence electrons. The number of aliphatic imine (C=N–C) groups is 1. The summed E-state index contributed by atoms with van der Waals surface area (Å²) in [5.74, 6) is 1.09. The molecule has 0 aromatic heterocycles. The summed E-state index contributed by atoms with van der Waals surface area (Å²) >= 11 is 0. The molecule has 6 nitrogen and oxygen atoms in total. The van der Waals surface area contributed by atoms with Gasteiger partial charge in [-0.15, -0.1) is 0 Å². The zero-order valence-electron chi connectivity index (χ0n) is 19.9. The lowest BCUT2D eigenvalue weighted by atomic mass is 9.85. The van der Waals surface area contributed by atoms with Crippen LogP contribution in [0.2, 0.25) is 0 Å². The summed E-state index contributed by atoms with van der Waals surface area (Å²) in [7, 11) is 3.72. The molecule has 1 aliphatic heterocycles. The molecule has 31 heavy (non-hydrogen) atoms. The molecule has 6 heteroatoms. The van der Waals surface area contributed by atoms with Crippen LogP contribution in [0.5, 0.6) is 0 Å². The first-order chi connectivity index (χ1) is 14.9. The minimum Gasteiger partial charge on any atom is -0.357 e. The maximum absolute atomic E-state index is 12.9. The Labute approximate surface area is 188 Å². The van der Waals surface area contributed by atoms with Crippen molar-refractivity contribution in [3.05, 3.63) is 35.9 Å². The predicted octanol–water partition coefficient (Wildman–Crippen LogP) is 3.42. The van der Waals surface area contributed by atoms with E-state index in [0.717, 1.165) is 64.1 Å². The van der Waals surface area contributed by atoms with Crippen molar-refractivity contribution >= 4 is 11.9 Å². The first-order valence-electron chi connectivity index (χ1n) is 12.0. The van der Waals surface area contributed by atoms with E-state index < -0.39 is 0 Å². The predicted molar refractivity (Wildman–Crippen MR) is 128 cm³/mol. The average Bonchev–Trinajstić information content (AvgIpc) is 3.28. The summed E-state index contributed by atoms with van der Waals surface area (Å²) in [6.07, 6.45) is 6.34. The third-order valence-corrected chi connectivity index (χ3v) is 7.00. The Morgan fingerprint density at radius 1 is 1.19 bits per heavy atom. The molecule has 1 saturated carbocycles. The van der Waals surface area contributed by atoms with Gasteiger partial charge >= 0.3 is 0 Å². The number of hydrogen-bond donors (Lipinski definition) is 2. The second kappa shape index (κ2) is 11.0. The van der Waals surface area contributed by atoms with E-state index in [9.17, 15) is 4.79 Å². The normalized spacial score (nSPS) is 21.0. The fourth-order valence-corrected chi connectivity index (χ4v) is 5.08. The van der Waals surface area contributed by atoms with E-state index in [1.54, 1.807) is 4.90 Å². The van der Waals surface area contributed by atoms with Crippen LogP contribution in [0.25, 0.3) is 0 Å². The van der Waals surface area contributed by atoms with Gasteiger partial charge in [-0.25, -0.2) is 0 Å². The van der Waals surface area contributed by atoms with Crippen LogP contribution in [0.4, 0.5) is 0 Å². The van der Waals surface area contributed by atoms with E-state index in [1.807, 2.05) is 14.1 Å². The van der Waals surface area contributed by atoms with Crippen LogP contribution < -0.4 is 10.6 Å². The summed E-state index contributed by atoms with van der Waals surface area (Å²) in [6, 6.07) is 11.6. The van der Waals surface area contributed by atoms with E-state index in [2.05, 4.69) is 59.7 Å². The van der Waals surface area contributed by atoms with Gasteiger partial charge in [0, 0.05) is 45.8 Å². The standard InChI is InChI=1S/C25H41N5O/c1-5-26-24(27-19-25(15-9-10-16-25)23(31)29(3)4)28-22-13-17-30(18-14-22)20(2)21-11-7-6-8-12-21/h6-8,11-12,20,22H,5,9-10,13-19H2,1-4H3,(H2,26,27,28). The zero-order valence-corrected chi connectivity index (χ0v) is 19.9. The van der Waals surface area contributed by atoms with Crippen molar-refractivity contribution in [2.45, 2.75) is 64.5 Å². The lowest BCUT2D eigenvalue weighted by molar-refractivity contribution is -0.138. The molecule has 2 fully saturated rings. The molecule has 1 unspecified atom stereocenters. The van der Waals surface area contributed by atoms with Crippen molar-refractivity contribution in [1.82, 2.24) is 20.4 Å². The number of nitrogens with zero attached hydrogens (tertiary/aromatic N) is 3. The summed E-state index contributed by atoms with van der Waals surface area (Å²) in [5, 5.41) is 7.05. The summed E-state index contributed by atoms with van der Waals surface area (Å²) in [6.45, 7) is 7.95. The number of rotatable bonds is 7. The van der Waals surface area contributed by atoms with Crippen molar-refractivity contribution in [2.24, 2.45) is 10.4 Å². The smallest absolute Gasteiger partial charge is 0.230 e. The molecule has 2 N–H and O–H groups in total. The van der Waals surface area contributed by atoms with Crippen LogP contribution in [-0.2, 0) is 4.79 Å². The number of hydrogen-bond acceptors (Lipinski definition) is 3. The van der Waals surface area contributed by atoms with E-state index in [1.165, 1.54) is 5.56 Å². The number of carbonyl (C=O) groups excluding carboxylic acids is 1. The van der Waals surface area contributed by atoms with Gasteiger partial charge < -0.3 is 15.5 Å². The fraction of sp³-hybridized carbons (Fsp3) is 0.680. The van der Waals surface area contributed by atoms with Crippen LogP contribution in [0.1, 0.15) is 64.0 Å². The monoisotopic (exact) mass is 427 g/mol. The number of amides is 1. The van der Waals surface area contributed by atoms with Crippen LogP contribution in [0.3, 0.4) is 0 Å². The topological polar surface area (TPSA) is 60.0 Å².